The lowest BCUT2D eigenvalue weighted by atomic mass is 10.1. The first-order valence-corrected chi connectivity index (χ1v) is 9.66. The molecule has 0 spiro atoms. The fourth-order valence-corrected chi connectivity index (χ4v) is 2.54. The Morgan fingerprint density at radius 3 is 1.97 bits per heavy atom. The van der Waals surface area contributed by atoms with Crippen LogP contribution in [0, 0.1) is 0 Å². The second-order valence-corrected chi connectivity index (χ2v) is 6.08. The van der Waals surface area contributed by atoms with Crippen molar-refractivity contribution in [3.63, 3.8) is 0 Å². The first kappa shape index (κ1) is 22.6. The van der Waals surface area contributed by atoms with E-state index >= 15 is 0 Å². The average molecular weight is 396 g/mol. The number of benzene rings is 3. The molecule has 3 aromatic carbocycles. The van der Waals surface area contributed by atoms with Gasteiger partial charge in [0.2, 0.25) is 0 Å². The van der Waals surface area contributed by atoms with Crippen LogP contribution in [-0.4, -0.2) is 18.3 Å². The van der Waals surface area contributed by atoms with Crippen LogP contribution in [0.5, 0.6) is 5.75 Å². The summed E-state index contributed by atoms with van der Waals surface area (Å²) in [5, 5.41) is 13.5. The Bertz CT molecular complexity index is 702. The van der Waals surface area contributed by atoms with Crippen LogP contribution in [0.15, 0.2) is 91.0 Å². The zero-order valence-electron chi connectivity index (χ0n) is 16.6. The molecule has 3 rings (SSSR count). The molecule has 5 nitrogen and oxygen atoms in total. The SMILES string of the molecule is CCOC(CCO)c1ccccc1.c1ccc(COOOc2ccccc2)cc1. The lowest BCUT2D eigenvalue weighted by molar-refractivity contribution is -0.472. The Morgan fingerprint density at radius 1 is 0.793 bits per heavy atom. The summed E-state index contributed by atoms with van der Waals surface area (Å²) in [6.45, 7) is 3.17. The Kier molecular flexibility index (Phi) is 11.2. The molecule has 3 aromatic rings. The van der Waals surface area contributed by atoms with Crippen molar-refractivity contribution in [2.24, 2.45) is 0 Å². The van der Waals surface area contributed by atoms with Crippen LogP contribution in [0.25, 0.3) is 0 Å². The molecule has 154 valence electrons. The van der Waals surface area contributed by atoms with Gasteiger partial charge in [0.15, 0.2) is 5.75 Å². The van der Waals surface area contributed by atoms with Crippen molar-refractivity contribution in [1.29, 1.82) is 0 Å². The van der Waals surface area contributed by atoms with Crippen LogP contribution in [0.2, 0.25) is 0 Å². The van der Waals surface area contributed by atoms with Crippen LogP contribution in [0.1, 0.15) is 30.6 Å². The molecule has 1 N–H and O–H groups in total. The third kappa shape index (κ3) is 9.36. The van der Waals surface area contributed by atoms with Crippen molar-refractivity contribution < 1.29 is 24.7 Å². The van der Waals surface area contributed by atoms with Crippen molar-refractivity contribution in [2.75, 3.05) is 13.2 Å². The molecule has 0 fully saturated rings. The van der Waals surface area contributed by atoms with E-state index in [1.807, 2.05) is 85.8 Å². The van der Waals surface area contributed by atoms with Gasteiger partial charge < -0.3 is 14.7 Å². The fourth-order valence-electron chi connectivity index (χ4n) is 2.54. The van der Waals surface area contributed by atoms with Gasteiger partial charge in [-0.05, 0) is 35.2 Å². The molecule has 1 unspecified atom stereocenters. The number of aliphatic hydroxyl groups excluding tert-OH is 1. The molecule has 1 atom stereocenters. The highest BCUT2D eigenvalue weighted by Gasteiger charge is 2.09. The number of ether oxygens (including phenoxy) is 1. The molecule has 0 bridgehead atoms. The maximum Gasteiger partial charge on any atom is 0.168 e. The van der Waals surface area contributed by atoms with Gasteiger partial charge in [-0.3, -0.25) is 0 Å². The standard InChI is InChI=1S/C13H12O3.C11H16O2/c1-3-7-12(8-4-1)11-14-16-15-13-9-5-2-6-10-13;1-2-13-11(8-9-12)10-6-4-3-5-7-10/h1-10H,11H2;3-7,11-12H,2,8-9H2,1H3. The minimum absolute atomic E-state index is 0.0381. The minimum Gasteiger partial charge on any atom is -0.396 e. The molecule has 0 aromatic heterocycles. The molecule has 0 aliphatic heterocycles. The zero-order valence-corrected chi connectivity index (χ0v) is 16.6. The molecule has 0 saturated heterocycles. The highest BCUT2D eigenvalue weighted by Crippen LogP contribution is 2.20. The molecule has 0 amide bonds. The Morgan fingerprint density at radius 2 is 1.38 bits per heavy atom. The van der Waals surface area contributed by atoms with Gasteiger partial charge in [0.05, 0.1) is 6.10 Å². The summed E-state index contributed by atoms with van der Waals surface area (Å²) >= 11 is 0. The van der Waals surface area contributed by atoms with E-state index in [-0.39, 0.29) is 12.7 Å². The summed E-state index contributed by atoms with van der Waals surface area (Å²) in [5.74, 6) is 0.607. The number of aliphatic hydroxyl groups is 1. The third-order valence-electron chi connectivity index (χ3n) is 3.92. The lowest BCUT2D eigenvalue weighted by Crippen LogP contribution is -2.06. The van der Waals surface area contributed by atoms with Gasteiger partial charge in [-0.25, -0.2) is 0 Å². The van der Waals surface area contributed by atoms with E-state index in [0.717, 1.165) is 11.1 Å². The van der Waals surface area contributed by atoms with E-state index in [2.05, 4.69) is 5.04 Å². The van der Waals surface area contributed by atoms with Gasteiger partial charge in [-0.1, -0.05) is 78.9 Å². The molecule has 0 aliphatic rings. The molecule has 0 aliphatic carbocycles. The highest BCUT2D eigenvalue weighted by molar-refractivity contribution is 5.20. The molecule has 0 heterocycles. The third-order valence-corrected chi connectivity index (χ3v) is 3.92. The van der Waals surface area contributed by atoms with Gasteiger partial charge in [-0.15, -0.1) is 0 Å². The molecular weight excluding hydrogens is 368 g/mol. The lowest BCUT2D eigenvalue weighted by Gasteiger charge is -2.15. The van der Waals surface area contributed by atoms with Crippen LogP contribution in [0.3, 0.4) is 0 Å². The van der Waals surface area contributed by atoms with Gasteiger partial charge in [-0.2, -0.15) is 4.89 Å². The van der Waals surface area contributed by atoms with E-state index in [0.29, 0.717) is 25.4 Å². The van der Waals surface area contributed by atoms with Crippen molar-refractivity contribution in [3.8, 4) is 5.75 Å². The van der Waals surface area contributed by atoms with Crippen LogP contribution < -0.4 is 4.89 Å². The number of rotatable bonds is 10. The van der Waals surface area contributed by atoms with Crippen molar-refractivity contribution >= 4 is 0 Å². The second-order valence-electron chi connectivity index (χ2n) is 6.08. The van der Waals surface area contributed by atoms with Gasteiger partial charge >= 0.3 is 0 Å². The van der Waals surface area contributed by atoms with E-state index in [9.17, 15) is 0 Å². The maximum atomic E-state index is 8.84. The molecule has 5 heteroatoms. The number of hydrogen-bond donors (Lipinski definition) is 1. The van der Waals surface area contributed by atoms with Crippen molar-refractivity contribution in [3.05, 3.63) is 102 Å². The van der Waals surface area contributed by atoms with E-state index in [1.165, 1.54) is 0 Å². The van der Waals surface area contributed by atoms with Gasteiger partial charge in [0.1, 0.15) is 6.61 Å². The van der Waals surface area contributed by atoms with E-state index in [4.69, 9.17) is 19.6 Å². The molecule has 29 heavy (non-hydrogen) atoms. The largest absolute Gasteiger partial charge is 0.396 e. The monoisotopic (exact) mass is 396 g/mol. The Hall–Kier alpha value is -2.70. The highest BCUT2D eigenvalue weighted by atomic mass is 17.5. The van der Waals surface area contributed by atoms with E-state index < -0.39 is 0 Å². The van der Waals surface area contributed by atoms with Crippen LogP contribution in [-0.2, 0) is 21.3 Å². The number of para-hydroxylation sites is 1. The van der Waals surface area contributed by atoms with E-state index in [1.54, 1.807) is 12.1 Å². The predicted molar refractivity (Wildman–Crippen MR) is 112 cm³/mol. The second kappa shape index (κ2) is 14.3. The first-order valence-electron chi connectivity index (χ1n) is 9.66. The summed E-state index contributed by atoms with van der Waals surface area (Å²) < 4.78 is 5.51. The first-order chi connectivity index (χ1) is 14.3. The van der Waals surface area contributed by atoms with Gasteiger partial charge in [0, 0.05) is 19.6 Å². The summed E-state index contributed by atoms with van der Waals surface area (Å²) in [6.07, 6.45) is 0.703. The smallest absolute Gasteiger partial charge is 0.168 e. The quantitative estimate of drug-likeness (QED) is 0.287. The van der Waals surface area contributed by atoms with Crippen molar-refractivity contribution in [2.45, 2.75) is 26.1 Å². The molecule has 0 radical (unpaired) electrons. The summed E-state index contributed by atoms with van der Waals surface area (Å²) in [6, 6.07) is 28.9. The summed E-state index contributed by atoms with van der Waals surface area (Å²) in [4.78, 5) is 9.81. The topological polar surface area (TPSA) is 57.2 Å². The molecule has 0 saturated carbocycles. The van der Waals surface area contributed by atoms with Crippen molar-refractivity contribution in [1.82, 2.24) is 0 Å². The van der Waals surface area contributed by atoms with Crippen LogP contribution in [0.4, 0.5) is 0 Å². The zero-order chi connectivity index (χ0) is 20.6. The Labute approximate surface area is 172 Å². The van der Waals surface area contributed by atoms with Gasteiger partial charge in [0.25, 0.3) is 0 Å². The summed E-state index contributed by atoms with van der Waals surface area (Å²) in [5.41, 5.74) is 2.16. The predicted octanol–water partition coefficient (Wildman–Crippen LogP) is 5.28. The maximum absolute atomic E-state index is 8.84. The fraction of sp³-hybridized carbons (Fsp3) is 0.250. The normalized spacial score (nSPS) is 11.2. The molecular formula is C24H28O5. The number of hydrogen-bond acceptors (Lipinski definition) is 5. The summed E-state index contributed by atoms with van der Waals surface area (Å²) in [7, 11) is 0. The van der Waals surface area contributed by atoms with Crippen LogP contribution >= 0.6 is 0 Å². The Balaban J connectivity index is 0.000000212. The minimum atomic E-state index is 0.0381. The average Bonchev–Trinajstić information content (AvgIpc) is 2.79.